The van der Waals surface area contributed by atoms with Crippen LogP contribution < -0.4 is 15.5 Å². The standard InChI is InChI=1S/C20H21F2N3O2/c1-12(15-7-8-16(21)17(22)11-15)23-20(27)24-13(2)19(26)25-10-9-14-5-3-4-6-18(14)25/h3-8,11-13H,9-10H2,1-2H3,(H2,23,24,27). The van der Waals surface area contributed by atoms with E-state index >= 15 is 0 Å². The predicted molar refractivity (Wildman–Crippen MR) is 98.4 cm³/mol. The minimum absolute atomic E-state index is 0.199. The third-order valence-electron chi connectivity index (χ3n) is 4.66. The van der Waals surface area contributed by atoms with E-state index in [1.807, 2.05) is 24.3 Å². The van der Waals surface area contributed by atoms with Crippen molar-refractivity contribution >= 4 is 17.6 Å². The first-order valence-electron chi connectivity index (χ1n) is 8.78. The molecule has 1 heterocycles. The highest BCUT2D eigenvalue weighted by Gasteiger charge is 2.28. The molecule has 27 heavy (non-hydrogen) atoms. The molecule has 2 unspecified atom stereocenters. The summed E-state index contributed by atoms with van der Waals surface area (Å²) in [6.45, 7) is 3.84. The number of para-hydroxylation sites is 1. The van der Waals surface area contributed by atoms with Gasteiger partial charge in [-0.25, -0.2) is 13.6 Å². The molecule has 0 fully saturated rings. The summed E-state index contributed by atoms with van der Waals surface area (Å²) in [4.78, 5) is 26.5. The second-order valence-electron chi connectivity index (χ2n) is 6.60. The van der Waals surface area contributed by atoms with Gasteiger partial charge in [0.1, 0.15) is 6.04 Å². The van der Waals surface area contributed by atoms with Crippen LogP contribution >= 0.6 is 0 Å². The number of nitrogens with one attached hydrogen (secondary N) is 2. The van der Waals surface area contributed by atoms with E-state index in [9.17, 15) is 18.4 Å². The summed E-state index contributed by atoms with van der Waals surface area (Å²) in [5.74, 6) is -2.12. The van der Waals surface area contributed by atoms with Crippen molar-refractivity contribution in [2.75, 3.05) is 11.4 Å². The molecule has 1 aliphatic rings. The number of carbonyl (C=O) groups excluding carboxylic acids is 2. The summed E-state index contributed by atoms with van der Waals surface area (Å²) >= 11 is 0. The molecular formula is C20H21F2N3O2. The highest BCUT2D eigenvalue weighted by molar-refractivity contribution is 6.00. The second kappa shape index (κ2) is 7.73. The summed E-state index contributed by atoms with van der Waals surface area (Å²) in [5, 5.41) is 5.23. The van der Waals surface area contributed by atoms with E-state index in [1.165, 1.54) is 6.07 Å². The number of urea groups is 1. The molecule has 7 heteroatoms. The fourth-order valence-corrected chi connectivity index (χ4v) is 3.16. The Hall–Kier alpha value is -2.96. The average molecular weight is 373 g/mol. The minimum Gasteiger partial charge on any atom is -0.332 e. The molecule has 5 nitrogen and oxygen atoms in total. The van der Waals surface area contributed by atoms with E-state index in [2.05, 4.69) is 10.6 Å². The third-order valence-corrected chi connectivity index (χ3v) is 4.66. The predicted octanol–water partition coefficient (Wildman–Crippen LogP) is 3.30. The molecule has 0 spiro atoms. The van der Waals surface area contributed by atoms with Gasteiger partial charge < -0.3 is 15.5 Å². The molecule has 0 radical (unpaired) electrons. The lowest BCUT2D eigenvalue weighted by molar-refractivity contribution is -0.119. The van der Waals surface area contributed by atoms with Crippen molar-refractivity contribution in [1.29, 1.82) is 0 Å². The lowest BCUT2D eigenvalue weighted by Gasteiger charge is -2.23. The van der Waals surface area contributed by atoms with E-state index in [4.69, 9.17) is 0 Å². The second-order valence-corrected chi connectivity index (χ2v) is 6.60. The first-order chi connectivity index (χ1) is 12.9. The fraction of sp³-hybridized carbons (Fsp3) is 0.300. The largest absolute Gasteiger partial charge is 0.332 e. The van der Waals surface area contributed by atoms with Crippen LogP contribution in [0.5, 0.6) is 0 Å². The molecule has 0 aliphatic carbocycles. The molecule has 1 aliphatic heterocycles. The van der Waals surface area contributed by atoms with Crippen LogP contribution in [0.2, 0.25) is 0 Å². The maximum absolute atomic E-state index is 13.3. The normalized spacial score (nSPS) is 15.0. The molecule has 3 amide bonds. The molecule has 0 aromatic heterocycles. The first-order valence-corrected chi connectivity index (χ1v) is 8.78. The highest BCUT2D eigenvalue weighted by Crippen LogP contribution is 2.27. The van der Waals surface area contributed by atoms with Gasteiger partial charge in [-0.05, 0) is 49.6 Å². The van der Waals surface area contributed by atoms with Crippen LogP contribution in [0.3, 0.4) is 0 Å². The molecule has 3 rings (SSSR count). The number of nitrogens with zero attached hydrogens (tertiary/aromatic N) is 1. The van der Waals surface area contributed by atoms with Crippen molar-refractivity contribution in [1.82, 2.24) is 10.6 Å². The molecule has 0 saturated heterocycles. The van der Waals surface area contributed by atoms with Crippen molar-refractivity contribution in [2.45, 2.75) is 32.4 Å². The molecule has 2 aromatic carbocycles. The molecule has 2 N–H and O–H groups in total. The van der Waals surface area contributed by atoms with E-state index in [-0.39, 0.29) is 5.91 Å². The molecule has 142 valence electrons. The molecule has 0 bridgehead atoms. The van der Waals surface area contributed by atoms with Crippen LogP contribution in [0.1, 0.15) is 31.0 Å². The Morgan fingerprint density at radius 3 is 2.52 bits per heavy atom. The van der Waals surface area contributed by atoms with Gasteiger partial charge >= 0.3 is 6.03 Å². The first kappa shape index (κ1) is 18.8. The zero-order chi connectivity index (χ0) is 19.6. The topological polar surface area (TPSA) is 61.4 Å². The molecule has 0 saturated carbocycles. The van der Waals surface area contributed by atoms with Crippen LogP contribution in [0.15, 0.2) is 42.5 Å². The van der Waals surface area contributed by atoms with Gasteiger partial charge in [0.15, 0.2) is 11.6 Å². The lowest BCUT2D eigenvalue weighted by Crippen LogP contribution is -2.50. The van der Waals surface area contributed by atoms with Crippen LogP contribution in [0.4, 0.5) is 19.3 Å². The van der Waals surface area contributed by atoms with Crippen molar-refractivity contribution in [3.8, 4) is 0 Å². The van der Waals surface area contributed by atoms with Crippen LogP contribution in [0, 0.1) is 11.6 Å². The summed E-state index contributed by atoms with van der Waals surface area (Å²) in [5.41, 5.74) is 2.40. The average Bonchev–Trinajstić information content (AvgIpc) is 3.07. The summed E-state index contributed by atoms with van der Waals surface area (Å²) < 4.78 is 26.4. The monoisotopic (exact) mass is 373 g/mol. The Labute approximate surface area is 156 Å². The third kappa shape index (κ3) is 4.07. The van der Waals surface area contributed by atoms with Crippen molar-refractivity contribution in [3.63, 3.8) is 0 Å². The fourth-order valence-electron chi connectivity index (χ4n) is 3.16. The smallest absolute Gasteiger partial charge is 0.315 e. The number of hydrogen-bond donors (Lipinski definition) is 2. The number of halogens is 2. The maximum atomic E-state index is 13.3. The van der Waals surface area contributed by atoms with Gasteiger partial charge in [-0.15, -0.1) is 0 Å². The quantitative estimate of drug-likeness (QED) is 0.864. The number of benzene rings is 2. The number of hydrogen-bond acceptors (Lipinski definition) is 2. The number of anilines is 1. The van der Waals surface area contributed by atoms with Gasteiger partial charge in [0, 0.05) is 12.2 Å². The Morgan fingerprint density at radius 2 is 1.78 bits per heavy atom. The van der Waals surface area contributed by atoms with E-state index < -0.39 is 29.7 Å². The SMILES string of the molecule is CC(NC(=O)NC(C)c1ccc(F)c(F)c1)C(=O)N1CCc2ccccc21. The van der Waals surface area contributed by atoms with Gasteiger partial charge in [0.05, 0.1) is 6.04 Å². The Morgan fingerprint density at radius 1 is 1.04 bits per heavy atom. The minimum atomic E-state index is -0.974. The van der Waals surface area contributed by atoms with Gasteiger partial charge in [0.25, 0.3) is 0 Å². The zero-order valence-electron chi connectivity index (χ0n) is 15.1. The zero-order valence-corrected chi connectivity index (χ0v) is 15.1. The number of rotatable bonds is 4. The van der Waals surface area contributed by atoms with Gasteiger partial charge in [-0.2, -0.15) is 0 Å². The van der Waals surface area contributed by atoms with E-state index in [0.29, 0.717) is 12.1 Å². The summed E-state index contributed by atoms with van der Waals surface area (Å²) in [6, 6.07) is 9.30. The number of carbonyl (C=O) groups is 2. The molecular weight excluding hydrogens is 352 g/mol. The Balaban J connectivity index is 1.59. The van der Waals surface area contributed by atoms with Crippen LogP contribution in [0.25, 0.3) is 0 Å². The van der Waals surface area contributed by atoms with Gasteiger partial charge in [0.2, 0.25) is 5.91 Å². The van der Waals surface area contributed by atoms with Crippen molar-refractivity contribution in [2.24, 2.45) is 0 Å². The molecule has 2 atom stereocenters. The van der Waals surface area contributed by atoms with Crippen LogP contribution in [-0.4, -0.2) is 24.5 Å². The molecule has 2 aromatic rings. The Bertz CT molecular complexity index is 872. The number of amides is 3. The van der Waals surface area contributed by atoms with Crippen molar-refractivity contribution < 1.29 is 18.4 Å². The van der Waals surface area contributed by atoms with E-state index in [1.54, 1.807) is 18.7 Å². The van der Waals surface area contributed by atoms with Gasteiger partial charge in [-0.3, -0.25) is 4.79 Å². The summed E-state index contributed by atoms with van der Waals surface area (Å²) in [6.07, 6.45) is 0.786. The maximum Gasteiger partial charge on any atom is 0.315 e. The van der Waals surface area contributed by atoms with Crippen molar-refractivity contribution in [3.05, 3.63) is 65.2 Å². The lowest BCUT2D eigenvalue weighted by atomic mass is 10.1. The summed E-state index contributed by atoms with van der Waals surface area (Å²) in [7, 11) is 0. The van der Waals surface area contributed by atoms with E-state index in [0.717, 1.165) is 29.8 Å². The Kier molecular flexibility index (Phi) is 5.39. The highest BCUT2D eigenvalue weighted by atomic mass is 19.2. The van der Waals surface area contributed by atoms with Crippen LogP contribution in [-0.2, 0) is 11.2 Å². The number of fused-ring (bicyclic) bond motifs is 1. The van der Waals surface area contributed by atoms with Gasteiger partial charge in [-0.1, -0.05) is 24.3 Å².